The quantitative estimate of drug-likeness (QED) is 0.681. The maximum atomic E-state index is 4.70. The summed E-state index contributed by atoms with van der Waals surface area (Å²) in [7, 11) is 1.93. The van der Waals surface area contributed by atoms with Crippen molar-refractivity contribution >= 4 is 12.1 Å². The highest BCUT2D eigenvalue weighted by Gasteiger charge is 2.15. The Balaban J connectivity index is 2.85. The molecule has 1 aliphatic rings. The number of allylic oxidation sites excluding steroid dienone is 2. The van der Waals surface area contributed by atoms with Gasteiger partial charge in [-0.15, -0.1) is 0 Å². The summed E-state index contributed by atoms with van der Waals surface area (Å²) in [4.78, 5) is 10.9. The number of rotatable bonds is 8. The van der Waals surface area contributed by atoms with Crippen LogP contribution >= 0.6 is 0 Å². The predicted molar refractivity (Wildman–Crippen MR) is 97.1 cm³/mol. The molecule has 122 valence electrons. The van der Waals surface area contributed by atoms with Gasteiger partial charge in [0.1, 0.15) is 5.70 Å². The van der Waals surface area contributed by atoms with E-state index in [1.807, 2.05) is 25.8 Å². The Kier molecular flexibility index (Phi) is 7.09. The molecule has 1 heterocycles. The van der Waals surface area contributed by atoms with E-state index in [4.69, 9.17) is 4.99 Å². The minimum absolute atomic E-state index is 0.470. The Labute approximate surface area is 135 Å². The standard InChI is InChI=1S/C18H30N4/c1-8-10-17(11-9-2)20-13(3)14(4)21-18-15(5)19-12-22(7)16(18)6/h12,17,20H,3,6,8-11H2,1-2,4-5,7H3/b21-14+. The van der Waals surface area contributed by atoms with Gasteiger partial charge in [-0.1, -0.05) is 39.8 Å². The average molecular weight is 302 g/mol. The van der Waals surface area contributed by atoms with Gasteiger partial charge in [0.05, 0.1) is 23.4 Å². The van der Waals surface area contributed by atoms with Gasteiger partial charge in [-0.25, -0.2) is 9.98 Å². The van der Waals surface area contributed by atoms with Crippen molar-refractivity contribution in [3.8, 4) is 0 Å². The minimum atomic E-state index is 0.470. The molecule has 0 atom stereocenters. The van der Waals surface area contributed by atoms with E-state index in [1.165, 1.54) is 12.8 Å². The van der Waals surface area contributed by atoms with Crippen molar-refractivity contribution in [1.82, 2.24) is 10.2 Å². The van der Waals surface area contributed by atoms with Crippen LogP contribution in [0.5, 0.6) is 0 Å². The molecule has 0 radical (unpaired) electrons. The fourth-order valence-corrected chi connectivity index (χ4v) is 2.40. The van der Waals surface area contributed by atoms with E-state index < -0.39 is 0 Å². The Hall–Kier alpha value is -1.84. The molecule has 1 aliphatic heterocycles. The molecule has 0 fully saturated rings. The van der Waals surface area contributed by atoms with Crippen LogP contribution in [0.15, 0.2) is 45.9 Å². The molecule has 0 spiro atoms. The number of hydrogen-bond donors (Lipinski definition) is 1. The molecule has 0 aromatic heterocycles. The second-order valence-corrected chi connectivity index (χ2v) is 5.83. The zero-order chi connectivity index (χ0) is 16.7. The summed E-state index contributed by atoms with van der Waals surface area (Å²) in [6, 6.07) is 0.470. The fraction of sp³-hybridized carbons (Fsp3) is 0.556. The van der Waals surface area contributed by atoms with Gasteiger partial charge < -0.3 is 10.2 Å². The van der Waals surface area contributed by atoms with Gasteiger partial charge in [0.2, 0.25) is 0 Å². The summed E-state index contributed by atoms with van der Waals surface area (Å²) in [5.74, 6) is 0. The van der Waals surface area contributed by atoms with Crippen LogP contribution in [0.1, 0.15) is 53.4 Å². The molecular formula is C18H30N4. The van der Waals surface area contributed by atoms with Gasteiger partial charge in [-0.2, -0.15) is 0 Å². The van der Waals surface area contributed by atoms with Crippen molar-refractivity contribution in [3.05, 3.63) is 35.9 Å². The third kappa shape index (κ3) is 4.86. The van der Waals surface area contributed by atoms with E-state index in [0.29, 0.717) is 6.04 Å². The first-order chi connectivity index (χ1) is 10.4. The largest absolute Gasteiger partial charge is 0.381 e. The summed E-state index contributed by atoms with van der Waals surface area (Å²) in [5, 5.41) is 3.52. The van der Waals surface area contributed by atoms with Crippen LogP contribution in [0.3, 0.4) is 0 Å². The van der Waals surface area contributed by atoms with Gasteiger partial charge in [0.25, 0.3) is 0 Å². The molecule has 0 aliphatic carbocycles. The number of aliphatic imine (C=N–C) groups is 2. The van der Waals surface area contributed by atoms with Crippen LogP contribution in [0.4, 0.5) is 0 Å². The lowest BCUT2D eigenvalue weighted by atomic mass is 10.1. The monoisotopic (exact) mass is 302 g/mol. The molecule has 0 saturated heterocycles. The van der Waals surface area contributed by atoms with Crippen LogP contribution < -0.4 is 5.32 Å². The topological polar surface area (TPSA) is 40.0 Å². The van der Waals surface area contributed by atoms with Crippen LogP contribution in [-0.2, 0) is 0 Å². The van der Waals surface area contributed by atoms with Crippen molar-refractivity contribution in [2.75, 3.05) is 7.05 Å². The summed E-state index contributed by atoms with van der Waals surface area (Å²) in [5.41, 5.74) is 4.34. The Morgan fingerprint density at radius 3 is 2.50 bits per heavy atom. The first kappa shape index (κ1) is 18.2. The van der Waals surface area contributed by atoms with Crippen LogP contribution in [0.25, 0.3) is 0 Å². The van der Waals surface area contributed by atoms with E-state index >= 15 is 0 Å². The molecule has 4 nitrogen and oxygen atoms in total. The summed E-state index contributed by atoms with van der Waals surface area (Å²) in [6.07, 6.45) is 6.41. The van der Waals surface area contributed by atoms with Crippen molar-refractivity contribution in [1.29, 1.82) is 0 Å². The second-order valence-electron chi connectivity index (χ2n) is 5.83. The summed E-state index contributed by atoms with van der Waals surface area (Å²) >= 11 is 0. The van der Waals surface area contributed by atoms with E-state index in [-0.39, 0.29) is 0 Å². The molecule has 1 N–H and O–H groups in total. The number of nitrogens with zero attached hydrogens (tertiary/aromatic N) is 3. The second kappa shape index (κ2) is 8.57. The van der Waals surface area contributed by atoms with Gasteiger partial charge in [0.15, 0.2) is 0 Å². The lowest BCUT2D eigenvalue weighted by Gasteiger charge is -2.23. The van der Waals surface area contributed by atoms with Crippen molar-refractivity contribution < 1.29 is 0 Å². The van der Waals surface area contributed by atoms with Gasteiger partial charge >= 0.3 is 0 Å². The van der Waals surface area contributed by atoms with Gasteiger partial charge in [-0.05, 0) is 26.7 Å². The van der Waals surface area contributed by atoms with Crippen molar-refractivity contribution in [3.63, 3.8) is 0 Å². The van der Waals surface area contributed by atoms with E-state index in [2.05, 4.69) is 37.3 Å². The third-order valence-corrected chi connectivity index (χ3v) is 3.84. The van der Waals surface area contributed by atoms with E-state index in [9.17, 15) is 0 Å². The summed E-state index contributed by atoms with van der Waals surface area (Å²) in [6.45, 7) is 16.6. The SMILES string of the molecule is C=C(NC(CCC)CCC)/C(C)=N/C1=C(C)N=CN(C)C1=C. The lowest BCUT2D eigenvalue weighted by Crippen LogP contribution is -2.30. The molecule has 0 bridgehead atoms. The van der Waals surface area contributed by atoms with Gasteiger partial charge in [-0.3, -0.25) is 0 Å². The zero-order valence-electron chi connectivity index (χ0n) is 14.7. The maximum absolute atomic E-state index is 4.70. The van der Waals surface area contributed by atoms with Crippen LogP contribution in [0.2, 0.25) is 0 Å². The molecule has 4 heteroatoms. The first-order valence-corrected chi connectivity index (χ1v) is 8.08. The molecule has 0 aromatic carbocycles. The predicted octanol–water partition coefficient (Wildman–Crippen LogP) is 4.24. The average Bonchev–Trinajstić information content (AvgIpc) is 2.48. The molecular weight excluding hydrogens is 272 g/mol. The lowest BCUT2D eigenvalue weighted by molar-refractivity contribution is 0.489. The Bertz CT molecular complexity index is 505. The highest BCUT2D eigenvalue weighted by Crippen LogP contribution is 2.22. The molecule has 0 amide bonds. The number of hydrogen-bond acceptors (Lipinski definition) is 4. The van der Waals surface area contributed by atoms with Crippen molar-refractivity contribution in [2.45, 2.75) is 59.4 Å². The maximum Gasteiger partial charge on any atom is 0.108 e. The van der Waals surface area contributed by atoms with Crippen LogP contribution in [-0.4, -0.2) is 30.0 Å². The Morgan fingerprint density at radius 2 is 1.95 bits per heavy atom. The third-order valence-electron chi connectivity index (χ3n) is 3.84. The molecule has 22 heavy (non-hydrogen) atoms. The van der Waals surface area contributed by atoms with Crippen molar-refractivity contribution in [2.24, 2.45) is 9.98 Å². The Morgan fingerprint density at radius 1 is 1.36 bits per heavy atom. The highest BCUT2D eigenvalue weighted by atomic mass is 15.2. The van der Waals surface area contributed by atoms with Gasteiger partial charge in [0, 0.05) is 18.8 Å². The zero-order valence-corrected chi connectivity index (χ0v) is 14.7. The van der Waals surface area contributed by atoms with E-state index in [1.54, 1.807) is 6.34 Å². The molecule has 0 aromatic rings. The first-order valence-electron chi connectivity index (χ1n) is 8.08. The summed E-state index contributed by atoms with van der Waals surface area (Å²) < 4.78 is 0. The smallest absolute Gasteiger partial charge is 0.108 e. The number of nitrogens with one attached hydrogen (secondary N) is 1. The normalized spacial score (nSPS) is 15.8. The molecule has 1 rings (SSSR count). The number of likely N-dealkylation sites (N-methyl/N-ethyl adjacent to an activating group) is 1. The highest BCUT2D eigenvalue weighted by molar-refractivity contribution is 5.98. The molecule has 0 unspecified atom stereocenters. The minimum Gasteiger partial charge on any atom is -0.381 e. The molecule has 0 saturated carbocycles. The van der Waals surface area contributed by atoms with Crippen LogP contribution in [0, 0.1) is 0 Å². The van der Waals surface area contributed by atoms with E-state index in [0.717, 1.165) is 41.3 Å². The fourth-order valence-electron chi connectivity index (χ4n) is 2.40.